The van der Waals surface area contributed by atoms with Gasteiger partial charge in [-0.3, -0.25) is 4.79 Å². The predicted molar refractivity (Wildman–Crippen MR) is 66.0 cm³/mol. The highest BCUT2D eigenvalue weighted by Gasteiger charge is 2.13. The van der Waals surface area contributed by atoms with Gasteiger partial charge in [0, 0.05) is 10.6 Å². The Hall–Kier alpha value is -1.06. The molecular formula is C12H8BrClO2. The largest absolute Gasteiger partial charge is 0.446 e. The van der Waals surface area contributed by atoms with Crippen molar-refractivity contribution in [3.05, 3.63) is 56.9 Å². The van der Waals surface area contributed by atoms with E-state index in [2.05, 4.69) is 15.9 Å². The van der Waals surface area contributed by atoms with E-state index in [4.69, 9.17) is 16.0 Å². The Morgan fingerprint density at radius 1 is 1.31 bits per heavy atom. The zero-order valence-corrected chi connectivity index (χ0v) is 10.8. The molecule has 0 N–H and O–H groups in total. The first-order valence-electron chi connectivity index (χ1n) is 4.64. The van der Waals surface area contributed by atoms with E-state index in [0.29, 0.717) is 21.0 Å². The zero-order chi connectivity index (χ0) is 11.7. The topological polar surface area (TPSA) is 30.2 Å². The Kier molecular flexibility index (Phi) is 3.17. The summed E-state index contributed by atoms with van der Waals surface area (Å²) in [4.78, 5) is 11.9. The van der Waals surface area contributed by atoms with Gasteiger partial charge in [0.15, 0.2) is 10.4 Å². The number of hydrogen-bond acceptors (Lipinski definition) is 2. The minimum Gasteiger partial charge on any atom is -0.446 e. The van der Waals surface area contributed by atoms with Gasteiger partial charge >= 0.3 is 0 Å². The summed E-state index contributed by atoms with van der Waals surface area (Å²) in [5.41, 5.74) is 1.47. The Labute approximate surface area is 106 Å². The molecule has 0 aliphatic heterocycles. The van der Waals surface area contributed by atoms with Crippen LogP contribution in [0.15, 0.2) is 39.4 Å². The second kappa shape index (κ2) is 4.44. The van der Waals surface area contributed by atoms with Gasteiger partial charge in [0.2, 0.25) is 5.78 Å². The minimum absolute atomic E-state index is 0.174. The summed E-state index contributed by atoms with van der Waals surface area (Å²) in [5.74, 6) is 0.124. The summed E-state index contributed by atoms with van der Waals surface area (Å²) >= 11 is 9.11. The second-order valence-corrected chi connectivity index (χ2v) is 4.59. The highest BCUT2D eigenvalue weighted by Crippen LogP contribution is 2.21. The maximum absolute atomic E-state index is 11.9. The van der Waals surface area contributed by atoms with Crippen molar-refractivity contribution in [2.24, 2.45) is 0 Å². The third kappa shape index (κ3) is 2.20. The van der Waals surface area contributed by atoms with Crippen LogP contribution in [0.1, 0.15) is 21.7 Å². The monoisotopic (exact) mass is 298 g/mol. The number of carbonyl (C=O) groups excluding carboxylic acids is 1. The van der Waals surface area contributed by atoms with Crippen LogP contribution >= 0.6 is 27.5 Å². The normalized spacial score (nSPS) is 10.4. The zero-order valence-electron chi connectivity index (χ0n) is 8.46. The van der Waals surface area contributed by atoms with Crippen LogP contribution in [0.25, 0.3) is 0 Å². The third-order valence-corrected chi connectivity index (χ3v) is 3.06. The van der Waals surface area contributed by atoms with Crippen molar-refractivity contribution in [1.29, 1.82) is 0 Å². The number of hydrogen-bond donors (Lipinski definition) is 0. The molecule has 0 bridgehead atoms. The molecule has 2 rings (SSSR count). The maximum Gasteiger partial charge on any atom is 0.228 e. The van der Waals surface area contributed by atoms with Crippen LogP contribution in [0.3, 0.4) is 0 Å². The molecule has 0 radical (unpaired) electrons. The van der Waals surface area contributed by atoms with Gasteiger partial charge < -0.3 is 4.42 Å². The van der Waals surface area contributed by atoms with E-state index in [1.54, 1.807) is 24.3 Å². The first-order valence-corrected chi connectivity index (χ1v) is 5.81. The molecule has 2 aromatic rings. The van der Waals surface area contributed by atoms with Crippen LogP contribution in [-0.2, 0) is 0 Å². The summed E-state index contributed by atoms with van der Waals surface area (Å²) in [6.45, 7) is 1.89. The first kappa shape index (κ1) is 11.4. The van der Waals surface area contributed by atoms with Gasteiger partial charge in [0.05, 0.1) is 0 Å². The highest BCUT2D eigenvalue weighted by atomic mass is 79.9. The Balaban J connectivity index is 2.38. The second-order valence-electron chi connectivity index (χ2n) is 3.40. The van der Waals surface area contributed by atoms with E-state index in [0.717, 1.165) is 5.56 Å². The average molecular weight is 300 g/mol. The van der Waals surface area contributed by atoms with Crippen LogP contribution in [-0.4, -0.2) is 5.78 Å². The van der Waals surface area contributed by atoms with Gasteiger partial charge in [0.1, 0.15) is 0 Å². The van der Waals surface area contributed by atoms with E-state index >= 15 is 0 Å². The predicted octanol–water partition coefficient (Wildman–Crippen LogP) is 4.23. The van der Waals surface area contributed by atoms with Crippen molar-refractivity contribution in [2.75, 3.05) is 0 Å². The number of furan rings is 1. The van der Waals surface area contributed by atoms with Gasteiger partial charge in [-0.25, -0.2) is 0 Å². The Morgan fingerprint density at radius 3 is 2.62 bits per heavy atom. The molecule has 82 valence electrons. The van der Waals surface area contributed by atoms with E-state index in [-0.39, 0.29) is 5.78 Å². The number of rotatable bonds is 2. The minimum atomic E-state index is -0.174. The van der Waals surface area contributed by atoms with Gasteiger partial charge in [0.25, 0.3) is 0 Å². The van der Waals surface area contributed by atoms with Crippen molar-refractivity contribution < 1.29 is 9.21 Å². The molecule has 0 amide bonds. The van der Waals surface area contributed by atoms with Gasteiger partial charge in [-0.15, -0.1) is 0 Å². The van der Waals surface area contributed by atoms with Crippen molar-refractivity contribution in [1.82, 2.24) is 0 Å². The number of ketones is 1. The number of carbonyl (C=O) groups is 1. The Bertz CT molecular complexity index is 546. The fourth-order valence-corrected chi connectivity index (χ4v) is 1.80. The molecule has 4 heteroatoms. The lowest BCUT2D eigenvalue weighted by Gasteiger charge is -2.01. The molecule has 0 atom stereocenters. The molecule has 1 heterocycles. The molecule has 0 spiro atoms. The third-order valence-electron chi connectivity index (χ3n) is 2.23. The van der Waals surface area contributed by atoms with Crippen LogP contribution in [0, 0.1) is 6.92 Å². The fourth-order valence-electron chi connectivity index (χ4n) is 1.31. The highest BCUT2D eigenvalue weighted by molar-refractivity contribution is 9.10. The lowest BCUT2D eigenvalue weighted by atomic mass is 10.1. The van der Waals surface area contributed by atoms with Crippen LogP contribution < -0.4 is 0 Å². The molecule has 0 fully saturated rings. The number of benzene rings is 1. The maximum atomic E-state index is 11.9. The molecule has 0 aliphatic rings. The van der Waals surface area contributed by atoms with Crippen molar-refractivity contribution in [2.45, 2.75) is 6.92 Å². The molecule has 16 heavy (non-hydrogen) atoms. The fraction of sp³-hybridized carbons (Fsp3) is 0.0833. The molecule has 1 aromatic heterocycles. The molecule has 0 aliphatic carbocycles. The number of aryl methyl sites for hydroxylation is 1. The van der Waals surface area contributed by atoms with Gasteiger partial charge in [-0.1, -0.05) is 23.7 Å². The standard InChI is InChI=1S/C12H8BrClO2/c1-7-2-3-8(6-9(7)14)12(15)10-4-5-11(13)16-10/h2-6H,1H3. The van der Waals surface area contributed by atoms with E-state index in [1.165, 1.54) is 0 Å². The summed E-state index contributed by atoms with van der Waals surface area (Å²) in [6, 6.07) is 8.51. The lowest BCUT2D eigenvalue weighted by molar-refractivity contribution is 0.101. The average Bonchev–Trinajstić information content (AvgIpc) is 2.68. The van der Waals surface area contributed by atoms with E-state index in [9.17, 15) is 4.79 Å². The molecule has 0 saturated carbocycles. The van der Waals surface area contributed by atoms with Crippen molar-refractivity contribution in [3.63, 3.8) is 0 Å². The van der Waals surface area contributed by atoms with Crippen LogP contribution in [0.2, 0.25) is 5.02 Å². The Morgan fingerprint density at radius 2 is 2.06 bits per heavy atom. The lowest BCUT2D eigenvalue weighted by Crippen LogP contribution is -1.99. The molecule has 0 unspecified atom stereocenters. The van der Waals surface area contributed by atoms with Gasteiger partial charge in [-0.2, -0.15) is 0 Å². The van der Waals surface area contributed by atoms with Crippen LogP contribution in [0.5, 0.6) is 0 Å². The van der Waals surface area contributed by atoms with E-state index < -0.39 is 0 Å². The van der Waals surface area contributed by atoms with E-state index in [1.807, 2.05) is 13.0 Å². The summed E-state index contributed by atoms with van der Waals surface area (Å²) in [7, 11) is 0. The first-order chi connectivity index (χ1) is 7.58. The summed E-state index contributed by atoms with van der Waals surface area (Å²) in [5, 5.41) is 0.580. The van der Waals surface area contributed by atoms with Gasteiger partial charge in [-0.05, 0) is 46.6 Å². The molecule has 0 saturated heterocycles. The SMILES string of the molecule is Cc1ccc(C(=O)c2ccc(Br)o2)cc1Cl. The molecule has 2 nitrogen and oxygen atoms in total. The molecule has 1 aromatic carbocycles. The molecular weight excluding hydrogens is 291 g/mol. The summed E-state index contributed by atoms with van der Waals surface area (Å²) in [6.07, 6.45) is 0. The van der Waals surface area contributed by atoms with Crippen molar-refractivity contribution in [3.8, 4) is 0 Å². The summed E-state index contributed by atoms with van der Waals surface area (Å²) < 4.78 is 5.73. The smallest absolute Gasteiger partial charge is 0.228 e. The quantitative estimate of drug-likeness (QED) is 0.777. The van der Waals surface area contributed by atoms with Crippen LogP contribution in [0.4, 0.5) is 0 Å². The van der Waals surface area contributed by atoms with Crippen molar-refractivity contribution >= 4 is 33.3 Å². The number of halogens is 2.